The molecule has 0 spiro atoms. The van der Waals surface area contributed by atoms with E-state index in [1.165, 1.54) is 5.69 Å². The van der Waals surface area contributed by atoms with E-state index in [1.54, 1.807) is 4.57 Å². The summed E-state index contributed by atoms with van der Waals surface area (Å²) in [6, 6.07) is 0.236. The van der Waals surface area contributed by atoms with Crippen molar-refractivity contribution >= 4 is 6.08 Å². The summed E-state index contributed by atoms with van der Waals surface area (Å²) in [4.78, 5) is 11.9. The zero-order valence-corrected chi connectivity index (χ0v) is 12.9. The molecule has 0 amide bonds. The Balaban J connectivity index is 0.000000659. The minimum Gasteiger partial charge on any atom is -0.299 e. The number of allylic oxidation sites excluding steroid dienone is 1. The van der Waals surface area contributed by atoms with Gasteiger partial charge in [0, 0.05) is 18.8 Å². The Morgan fingerprint density at radius 1 is 1.17 bits per heavy atom. The SMILES string of the molecule is CC.CC.CC(C)n1c2c(n(C)c1=O)CCC=C2. The molecular formula is C15H28N2O. The summed E-state index contributed by atoms with van der Waals surface area (Å²) in [7, 11) is 1.86. The molecule has 0 radical (unpaired) electrons. The molecule has 1 aliphatic rings. The van der Waals surface area contributed by atoms with Gasteiger partial charge in [-0.2, -0.15) is 0 Å². The van der Waals surface area contributed by atoms with E-state index >= 15 is 0 Å². The molecule has 2 rings (SSSR count). The first-order chi connectivity index (χ1) is 8.63. The summed E-state index contributed by atoms with van der Waals surface area (Å²) in [6.45, 7) is 12.1. The zero-order valence-electron chi connectivity index (χ0n) is 12.9. The van der Waals surface area contributed by atoms with Gasteiger partial charge in [0.1, 0.15) is 0 Å². The van der Waals surface area contributed by atoms with Crippen LogP contribution in [-0.4, -0.2) is 9.13 Å². The standard InChI is InChI=1S/C11H16N2O.2C2H6/c1-8(2)13-10-7-5-4-6-9(10)12(3)11(13)14;2*1-2/h5,7-8H,4,6H2,1-3H3;2*1-2H3. The van der Waals surface area contributed by atoms with Crippen LogP contribution < -0.4 is 5.69 Å². The fourth-order valence-corrected chi connectivity index (χ4v) is 2.08. The van der Waals surface area contributed by atoms with Gasteiger partial charge >= 0.3 is 5.69 Å². The number of nitrogens with zero attached hydrogens (tertiary/aromatic N) is 2. The Bertz CT molecular complexity index is 436. The minimum atomic E-state index is 0.108. The van der Waals surface area contributed by atoms with Crippen LogP contribution in [0.3, 0.4) is 0 Å². The molecule has 1 heterocycles. The van der Waals surface area contributed by atoms with Crippen molar-refractivity contribution in [3.05, 3.63) is 27.9 Å². The van der Waals surface area contributed by atoms with Crippen LogP contribution in [0.4, 0.5) is 0 Å². The van der Waals surface area contributed by atoms with E-state index in [4.69, 9.17) is 0 Å². The second-order valence-electron chi connectivity index (χ2n) is 4.08. The van der Waals surface area contributed by atoms with Crippen molar-refractivity contribution in [3.8, 4) is 0 Å². The first-order valence-corrected chi connectivity index (χ1v) is 7.09. The molecule has 0 saturated heterocycles. The molecule has 0 bridgehead atoms. The Hall–Kier alpha value is -1.25. The zero-order chi connectivity index (χ0) is 14.3. The highest BCUT2D eigenvalue weighted by molar-refractivity contribution is 5.51. The highest BCUT2D eigenvalue weighted by Crippen LogP contribution is 2.20. The van der Waals surface area contributed by atoms with Gasteiger partial charge in [-0.25, -0.2) is 4.79 Å². The van der Waals surface area contributed by atoms with Crippen LogP contribution >= 0.6 is 0 Å². The average molecular weight is 252 g/mol. The van der Waals surface area contributed by atoms with E-state index < -0.39 is 0 Å². The summed E-state index contributed by atoms with van der Waals surface area (Å²) in [6.07, 6.45) is 6.24. The van der Waals surface area contributed by atoms with Crippen molar-refractivity contribution < 1.29 is 0 Å². The van der Waals surface area contributed by atoms with Gasteiger partial charge in [-0.05, 0) is 32.8 Å². The number of aromatic nitrogens is 2. The maximum absolute atomic E-state index is 11.9. The van der Waals surface area contributed by atoms with Gasteiger partial charge < -0.3 is 0 Å². The first-order valence-electron chi connectivity index (χ1n) is 7.09. The van der Waals surface area contributed by atoms with Crippen molar-refractivity contribution in [3.63, 3.8) is 0 Å². The number of hydrogen-bond acceptors (Lipinski definition) is 1. The minimum absolute atomic E-state index is 0.108. The number of imidazole rings is 1. The van der Waals surface area contributed by atoms with E-state index in [0.717, 1.165) is 18.5 Å². The number of rotatable bonds is 1. The molecule has 0 N–H and O–H groups in total. The topological polar surface area (TPSA) is 26.9 Å². The quantitative estimate of drug-likeness (QED) is 0.747. The van der Waals surface area contributed by atoms with Gasteiger partial charge in [-0.15, -0.1) is 0 Å². The molecule has 3 heteroatoms. The summed E-state index contributed by atoms with van der Waals surface area (Å²) in [5.74, 6) is 0. The molecule has 1 aromatic rings. The predicted molar refractivity (Wildman–Crippen MR) is 80.1 cm³/mol. The van der Waals surface area contributed by atoms with E-state index in [-0.39, 0.29) is 11.7 Å². The summed E-state index contributed by atoms with van der Waals surface area (Å²) >= 11 is 0. The van der Waals surface area contributed by atoms with Gasteiger partial charge in [0.2, 0.25) is 0 Å². The fraction of sp³-hybridized carbons (Fsp3) is 0.667. The Morgan fingerprint density at radius 3 is 2.22 bits per heavy atom. The third-order valence-electron chi connectivity index (χ3n) is 2.79. The third-order valence-corrected chi connectivity index (χ3v) is 2.79. The smallest absolute Gasteiger partial charge is 0.299 e. The lowest BCUT2D eigenvalue weighted by atomic mass is 10.1. The van der Waals surface area contributed by atoms with Crippen LogP contribution in [0.15, 0.2) is 10.9 Å². The molecule has 0 fully saturated rings. The van der Waals surface area contributed by atoms with E-state index in [9.17, 15) is 4.79 Å². The molecule has 3 nitrogen and oxygen atoms in total. The maximum Gasteiger partial charge on any atom is 0.328 e. The second kappa shape index (κ2) is 7.96. The van der Waals surface area contributed by atoms with Crippen molar-refractivity contribution in [1.82, 2.24) is 9.13 Å². The Morgan fingerprint density at radius 2 is 1.72 bits per heavy atom. The highest BCUT2D eigenvalue weighted by atomic mass is 16.1. The lowest BCUT2D eigenvalue weighted by Crippen LogP contribution is -2.24. The largest absolute Gasteiger partial charge is 0.328 e. The van der Waals surface area contributed by atoms with Gasteiger partial charge in [0.05, 0.1) is 5.69 Å². The van der Waals surface area contributed by atoms with Gasteiger partial charge in [0.15, 0.2) is 0 Å². The molecule has 0 atom stereocenters. The van der Waals surface area contributed by atoms with Crippen molar-refractivity contribution in [2.45, 2.75) is 60.4 Å². The second-order valence-corrected chi connectivity index (χ2v) is 4.08. The highest BCUT2D eigenvalue weighted by Gasteiger charge is 2.18. The van der Waals surface area contributed by atoms with E-state index in [2.05, 4.69) is 12.2 Å². The van der Waals surface area contributed by atoms with Crippen LogP contribution in [0.2, 0.25) is 0 Å². The first kappa shape index (κ1) is 16.8. The average Bonchev–Trinajstić information content (AvgIpc) is 2.67. The van der Waals surface area contributed by atoms with Crippen molar-refractivity contribution in [1.29, 1.82) is 0 Å². The maximum atomic E-state index is 11.9. The van der Waals surface area contributed by atoms with Crippen LogP contribution in [0.25, 0.3) is 6.08 Å². The third kappa shape index (κ3) is 3.15. The lowest BCUT2D eigenvalue weighted by Gasteiger charge is -2.11. The molecule has 1 aliphatic carbocycles. The Labute approximate surface area is 111 Å². The molecule has 104 valence electrons. The summed E-state index contributed by atoms with van der Waals surface area (Å²) in [5, 5.41) is 0. The molecule has 0 unspecified atom stereocenters. The van der Waals surface area contributed by atoms with Crippen LogP contribution in [0.5, 0.6) is 0 Å². The van der Waals surface area contributed by atoms with Crippen LogP contribution in [0.1, 0.15) is 65.4 Å². The predicted octanol–water partition coefficient (Wildman–Crippen LogP) is 3.78. The van der Waals surface area contributed by atoms with E-state index in [0.29, 0.717) is 0 Å². The summed E-state index contributed by atoms with van der Waals surface area (Å²) in [5.41, 5.74) is 2.38. The fourth-order valence-electron chi connectivity index (χ4n) is 2.08. The normalized spacial score (nSPS) is 12.2. The molecule has 18 heavy (non-hydrogen) atoms. The summed E-state index contributed by atoms with van der Waals surface area (Å²) < 4.78 is 3.64. The monoisotopic (exact) mass is 252 g/mol. The van der Waals surface area contributed by atoms with Crippen molar-refractivity contribution in [2.75, 3.05) is 0 Å². The molecule has 0 saturated carbocycles. The molecule has 1 aromatic heterocycles. The van der Waals surface area contributed by atoms with Crippen LogP contribution in [-0.2, 0) is 13.5 Å². The molecule has 0 aromatic carbocycles. The molecular weight excluding hydrogens is 224 g/mol. The van der Waals surface area contributed by atoms with E-state index in [1.807, 2.05) is 53.2 Å². The lowest BCUT2D eigenvalue weighted by molar-refractivity contribution is 0.564. The van der Waals surface area contributed by atoms with Crippen LogP contribution in [0, 0.1) is 0 Å². The van der Waals surface area contributed by atoms with Crippen molar-refractivity contribution in [2.24, 2.45) is 7.05 Å². The van der Waals surface area contributed by atoms with Gasteiger partial charge in [-0.1, -0.05) is 33.8 Å². The van der Waals surface area contributed by atoms with Gasteiger partial charge in [-0.3, -0.25) is 9.13 Å². The Kier molecular flexibility index (Phi) is 7.41. The number of fused-ring (bicyclic) bond motifs is 1. The van der Waals surface area contributed by atoms with Gasteiger partial charge in [0.25, 0.3) is 0 Å². The molecule has 0 aliphatic heterocycles. The number of hydrogen-bond donors (Lipinski definition) is 0.